The minimum Gasteiger partial charge on any atom is -0.378 e. The topological polar surface area (TPSA) is 91.0 Å². The first-order valence-electron chi connectivity index (χ1n) is 10.5. The van der Waals surface area contributed by atoms with Crippen molar-refractivity contribution in [2.75, 3.05) is 38.2 Å². The summed E-state index contributed by atoms with van der Waals surface area (Å²) in [6.45, 7) is 2.63. The highest BCUT2D eigenvalue weighted by atomic mass is 32.1. The molecule has 2 fully saturated rings. The molecule has 2 unspecified atom stereocenters. The van der Waals surface area contributed by atoms with E-state index in [1.54, 1.807) is 27.2 Å². The summed E-state index contributed by atoms with van der Waals surface area (Å²) in [5.41, 5.74) is 3.05. The number of benzene rings is 1. The molecule has 3 aliphatic heterocycles. The summed E-state index contributed by atoms with van der Waals surface area (Å²) in [7, 11) is 0. The zero-order valence-electron chi connectivity index (χ0n) is 17.0. The average molecular weight is 441 g/mol. The molecule has 0 aliphatic carbocycles. The molecule has 0 radical (unpaired) electrons. The van der Waals surface area contributed by atoms with E-state index in [9.17, 15) is 14.4 Å². The second kappa shape index (κ2) is 8.32. The Morgan fingerprint density at radius 1 is 1.13 bits per heavy atom. The number of amides is 4. The maximum Gasteiger partial charge on any atom is 0.317 e. The lowest BCUT2D eigenvalue weighted by molar-refractivity contribution is -0.121. The van der Waals surface area contributed by atoms with E-state index >= 15 is 0 Å². The molecular formula is C22H24N4O4S. The molecule has 2 atom stereocenters. The van der Waals surface area contributed by atoms with Crippen LogP contribution in [0, 0.1) is 0 Å². The van der Waals surface area contributed by atoms with Crippen molar-refractivity contribution < 1.29 is 19.1 Å². The second-order valence-electron chi connectivity index (χ2n) is 8.05. The lowest BCUT2D eigenvalue weighted by atomic mass is 9.96. The van der Waals surface area contributed by atoms with Crippen molar-refractivity contribution in [2.45, 2.75) is 24.9 Å². The van der Waals surface area contributed by atoms with Gasteiger partial charge in [-0.25, -0.2) is 4.79 Å². The maximum absolute atomic E-state index is 13.3. The normalized spacial score (nSPS) is 23.5. The van der Waals surface area contributed by atoms with E-state index in [2.05, 4.69) is 10.6 Å². The molecule has 0 spiro atoms. The Labute approximate surface area is 184 Å². The average Bonchev–Trinajstić information content (AvgIpc) is 3.31. The predicted molar refractivity (Wildman–Crippen MR) is 117 cm³/mol. The number of ether oxygens (including phenoxy) is 1. The van der Waals surface area contributed by atoms with Crippen LogP contribution in [0.4, 0.5) is 10.5 Å². The first-order chi connectivity index (χ1) is 15.1. The van der Waals surface area contributed by atoms with Crippen molar-refractivity contribution in [3.63, 3.8) is 0 Å². The summed E-state index contributed by atoms with van der Waals surface area (Å²) < 4.78 is 5.29. The molecule has 4 heterocycles. The quantitative estimate of drug-likeness (QED) is 0.750. The Balaban J connectivity index is 1.33. The third kappa shape index (κ3) is 3.90. The largest absolute Gasteiger partial charge is 0.378 e. The number of rotatable bonds is 2. The van der Waals surface area contributed by atoms with Gasteiger partial charge in [-0.3, -0.25) is 9.59 Å². The van der Waals surface area contributed by atoms with E-state index in [1.807, 2.05) is 29.0 Å². The van der Waals surface area contributed by atoms with E-state index in [-0.39, 0.29) is 23.9 Å². The van der Waals surface area contributed by atoms with Gasteiger partial charge in [0.15, 0.2) is 0 Å². The smallest absolute Gasteiger partial charge is 0.317 e. The van der Waals surface area contributed by atoms with Gasteiger partial charge in [-0.05, 0) is 52.9 Å². The van der Waals surface area contributed by atoms with Crippen molar-refractivity contribution in [2.24, 2.45) is 0 Å². The van der Waals surface area contributed by atoms with Crippen LogP contribution in [0.2, 0.25) is 0 Å². The highest BCUT2D eigenvalue weighted by Crippen LogP contribution is 2.32. The molecule has 2 saturated heterocycles. The Hall–Kier alpha value is -2.91. The monoisotopic (exact) mass is 440 g/mol. The number of hydrogen-bond acceptors (Lipinski definition) is 5. The molecule has 8 nitrogen and oxygen atoms in total. The van der Waals surface area contributed by atoms with Gasteiger partial charge < -0.3 is 25.2 Å². The number of nitrogens with one attached hydrogen (secondary N) is 2. The van der Waals surface area contributed by atoms with Gasteiger partial charge in [0.05, 0.1) is 24.5 Å². The minimum absolute atomic E-state index is 0.134. The van der Waals surface area contributed by atoms with Crippen molar-refractivity contribution in [3.8, 4) is 11.1 Å². The molecule has 5 rings (SSSR count). The van der Waals surface area contributed by atoms with Crippen LogP contribution in [0.3, 0.4) is 0 Å². The first-order valence-corrected chi connectivity index (χ1v) is 11.5. The van der Waals surface area contributed by atoms with Crippen LogP contribution in [-0.4, -0.2) is 72.6 Å². The van der Waals surface area contributed by atoms with Crippen LogP contribution in [0.25, 0.3) is 11.1 Å². The number of fused-ring (bicyclic) bond motifs is 2. The highest BCUT2D eigenvalue weighted by molar-refractivity contribution is 7.08. The van der Waals surface area contributed by atoms with E-state index < -0.39 is 6.04 Å². The molecule has 4 amide bonds. The molecule has 31 heavy (non-hydrogen) atoms. The Morgan fingerprint density at radius 3 is 2.74 bits per heavy atom. The third-order valence-electron chi connectivity index (χ3n) is 6.15. The van der Waals surface area contributed by atoms with Gasteiger partial charge in [0.2, 0.25) is 5.91 Å². The van der Waals surface area contributed by atoms with E-state index in [1.165, 1.54) is 0 Å². The Morgan fingerprint density at radius 2 is 1.97 bits per heavy atom. The van der Waals surface area contributed by atoms with Crippen LogP contribution in [0.5, 0.6) is 0 Å². The number of thiophene rings is 1. The number of carbonyl (C=O) groups is 3. The van der Waals surface area contributed by atoms with E-state index in [0.29, 0.717) is 56.9 Å². The third-order valence-corrected chi connectivity index (χ3v) is 6.84. The molecule has 0 bridgehead atoms. The SMILES string of the molecule is O=C1Nc2ccc(-c3ccsc3)cc2C(=O)N2CCC(NC(=O)N3CCOCC3)CC12. The summed E-state index contributed by atoms with van der Waals surface area (Å²) in [5, 5.41) is 10.00. The van der Waals surface area contributed by atoms with Gasteiger partial charge in [-0.1, -0.05) is 6.07 Å². The number of hydrogen-bond donors (Lipinski definition) is 2. The highest BCUT2D eigenvalue weighted by Gasteiger charge is 2.40. The number of morpholine rings is 1. The zero-order valence-corrected chi connectivity index (χ0v) is 17.8. The van der Waals surface area contributed by atoms with Gasteiger partial charge >= 0.3 is 6.03 Å². The fourth-order valence-corrected chi connectivity index (χ4v) is 5.09. The van der Waals surface area contributed by atoms with Crippen LogP contribution in [-0.2, 0) is 9.53 Å². The molecule has 0 saturated carbocycles. The van der Waals surface area contributed by atoms with Crippen molar-refractivity contribution >= 4 is 34.9 Å². The predicted octanol–water partition coefficient (Wildman–Crippen LogP) is 2.38. The fraction of sp³-hybridized carbons (Fsp3) is 0.409. The van der Waals surface area contributed by atoms with Gasteiger partial charge in [0.25, 0.3) is 5.91 Å². The number of urea groups is 1. The maximum atomic E-state index is 13.3. The van der Waals surface area contributed by atoms with Crippen molar-refractivity contribution in [1.29, 1.82) is 0 Å². The first kappa shape index (κ1) is 20.0. The lowest BCUT2D eigenvalue weighted by Gasteiger charge is -2.38. The van der Waals surface area contributed by atoms with Gasteiger partial charge in [0, 0.05) is 25.7 Å². The molecule has 1 aromatic carbocycles. The number of anilines is 1. The number of nitrogens with zero attached hydrogens (tertiary/aromatic N) is 2. The number of piperidine rings is 1. The summed E-state index contributed by atoms with van der Waals surface area (Å²) in [6, 6.07) is 6.70. The van der Waals surface area contributed by atoms with E-state index in [0.717, 1.165) is 11.1 Å². The van der Waals surface area contributed by atoms with Crippen LogP contribution >= 0.6 is 11.3 Å². The molecule has 162 valence electrons. The van der Waals surface area contributed by atoms with Gasteiger partial charge in [0.1, 0.15) is 6.04 Å². The van der Waals surface area contributed by atoms with Crippen LogP contribution in [0.1, 0.15) is 23.2 Å². The second-order valence-corrected chi connectivity index (χ2v) is 8.83. The van der Waals surface area contributed by atoms with Crippen LogP contribution < -0.4 is 10.6 Å². The molecule has 9 heteroatoms. The summed E-state index contributed by atoms with van der Waals surface area (Å²) >= 11 is 1.60. The molecule has 2 N–H and O–H groups in total. The summed E-state index contributed by atoms with van der Waals surface area (Å²) in [5.74, 6) is -0.353. The fourth-order valence-electron chi connectivity index (χ4n) is 4.43. The van der Waals surface area contributed by atoms with E-state index in [4.69, 9.17) is 4.74 Å². The minimum atomic E-state index is -0.603. The molecule has 3 aliphatic rings. The molecule has 2 aromatic rings. The van der Waals surface area contributed by atoms with Gasteiger partial charge in [-0.2, -0.15) is 11.3 Å². The molecule has 1 aromatic heterocycles. The van der Waals surface area contributed by atoms with Crippen LogP contribution in [0.15, 0.2) is 35.0 Å². The Kier molecular flexibility index (Phi) is 5.37. The summed E-state index contributed by atoms with van der Waals surface area (Å²) in [6.07, 6.45) is 1.02. The Bertz CT molecular complexity index is 1000. The number of carbonyl (C=O) groups excluding carboxylic acids is 3. The standard InChI is InChI=1S/C22H24N4O4S/c27-20-19-12-16(23-22(29)25-6-8-30-9-7-25)3-5-26(19)21(28)17-11-14(1-2-18(17)24-20)15-4-10-31-13-15/h1-2,4,10-11,13,16,19H,3,5-9,12H2,(H,23,29)(H,24,27). The molecular weight excluding hydrogens is 416 g/mol. The van der Waals surface area contributed by atoms with Crippen molar-refractivity contribution in [1.82, 2.24) is 15.1 Å². The van der Waals surface area contributed by atoms with Gasteiger partial charge in [-0.15, -0.1) is 0 Å². The zero-order chi connectivity index (χ0) is 21.4. The summed E-state index contributed by atoms with van der Waals surface area (Å²) in [4.78, 5) is 42.2. The lowest BCUT2D eigenvalue weighted by Crippen LogP contribution is -2.57. The van der Waals surface area contributed by atoms with Crippen molar-refractivity contribution in [3.05, 3.63) is 40.6 Å².